The third kappa shape index (κ3) is 3.71. The summed E-state index contributed by atoms with van der Waals surface area (Å²) in [6, 6.07) is 20.4. The lowest BCUT2D eigenvalue weighted by Crippen LogP contribution is -2.29. The largest absolute Gasteiger partial charge is 0.364 e. The number of H-pyrrole nitrogens is 1. The first-order valence-corrected chi connectivity index (χ1v) is 11.3. The highest BCUT2D eigenvalue weighted by Crippen LogP contribution is 2.42. The Hall–Kier alpha value is -2.91. The van der Waals surface area contributed by atoms with Crippen molar-refractivity contribution in [3.8, 4) is 0 Å². The molecule has 0 radical (unpaired) electrons. The Morgan fingerprint density at radius 2 is 1.61 bits per heavy atom. The predicted molar refractivity (Wildman–Crippen MR) is 113 cm³/mol. The SMILES string of the molecule is O=C(CP(=O)(c1ccccc1)c1ccccc1)N/N=C1/CCCc2[nH]ccc21. The topological polar surface area (TPSA) is 74.3 Å². The molecule has 1 amide bonds. The zero-order valence-corrected chi connectivity index (χ0v) is 16.4. The van der Waals surface area contributed by atoms with Crippen molar-refractivity contribution in [2.45, 2.75) is 19.3 Å². The number of hydrogen-bond donors (Lipinski definition) is 2. The molecule has 0 aliphatic heterocycles. The quantitative estimate of drug-likeness (QED) is 0.518. The normalized spacial score (nSPS) is 15.2. The van der Waals surface area contributed by atoms with Crippen molar-refractivity contribution in [1.29, 1.82) is 0 Å². The Labute approximate surface area is 164 Å². The zero-order valence-electron chi connectivity index (χ0n) is 15.5. The third-order valence-electron chi connectivity index (χ3n) is 5.01. The average molecular weight is 391 g/mol. The summed E-state index contributed by atoms with van der Waals surface area (Å²) in [6.45, 7) is 0. The van der Waals surface area contributed by atoms with Gasteiger partial charge in [0.1, 0.15) is 0 Å². The molecular weight excluding hydrogens is 369 g/mol. The summed E-state index contributed by atoms with van der Waals surface area (Å²) in [7, 11) is -3.09. The number of benzene rings is 2. The summed E-state index contributed by atoms with van der Waals surface area (Å²) in [5, 5.41) is 5.70. The summed E-state index contributed by atoms with van der Waals surface area (Å²) in [6.07, 6.45) is 4.59. The van der Waals surface area contributed by atoms with Crippen LogP contribution in [0.5, 0.6) is 0 Å². The van der Waals surface area contributed by atoms with Gasteiger partial charge in [0.15, 0.2) is 7.14 Å². The van der Waals surface area contributed by atoms with Crippen LogP contribution < -0.4 is 16.0 Å². The van der Waals surface area contributed by atoms with Gasteiger partial charge in [0.25, 0.3) is 0 Å². The van der Waals surface area contributed by atoms with Crippen molar-refractivity contribution in [2.24, 2.45) is 5.10 Å². The molecule has 1 aliphatic rings. The lowest BCUT2D eigenvalue weighted by atomic mass is 9.96. The van der Waals surface area contributed by atoms with Crippen LogP contribution in [0.15, 0.2) is 78.0 Å². The first-order chi connectivity index (χ1) is 13.7. The minimum absolute atomic E-state index is 0.113. The standard InChI is InChI=1S/C22H22N3O2P/c26-22(25-24-21-13-7-12-20-19(21)14-15-23-20)16-28(27,17-8-3-1-4-9-17)18-10-5-2-6-11-18/h1-6,8-11,14-15,23H,7,12-13,16H2,(H,25,26)/b24-21-. The van der Waals surface area contributed by atoms with Crippen LogP contribution in [0, 0.1) is 0 Å². The van der Waals surface area contributed by atoms with Gasteiger partial charge in [0.2, 0.25) is 5.91 Å². The number of carbonyl (C=O) groups excluding carboxylic acids is 1. The number of fused-ring (bicyclic) bond motifs is 1. The molecule has 28 heavy (non-hydrogen) atoms. The van der Waals surface area contributed by atoms with Crippen molar-refractivity contribution < 1.29 is 9.36 Å². The number of amides is 1. The van der Waals surface area contributed by atoms with Crippen LogP contribution in [0.2, 0.25) is 0 Å². The molecule has 3 aromatic rings. The molecule has 142 valence electrons. The highest BCUT2D eigenvalue weighted by Gasteiger charge is 2.30. The molecule has 5 nitrogen and oxygen atoms in total. The summed E-state index contributed by atoms with van der Waals surface area (Å²) in [5.74, 6) is -0.341. The first-order valence-electron chi connectivity index (χ1n) is 9.39. The third-order valence-corrected chi connectivity index (χ3v) is 8.01. The van der Waals surface area contributed by atoms with Gasteiger partial charge in [-0.3, -0.25) is 4.79 Å². The second-order valence-electron chi connectivity index (χ2n) is 6.89. The van der Waals surface area contributed by atoms with Gasteiger partial charge < -0.3 is 9.55 Å². The maximum atomic E-state index is 13.9. The average Bonchev–Trinajstić information content (AvgIpc) is 3.23. The van der Waals surface area contributed by atoms with E-state index >= 15 is 0 Å². The monoisotopic (exact) mass is 391 g/mol. The van der Waals surface area contributed by atoms with Crippen molar-refractivity contribution in [2.75, 3.05) is 6.16 Å². The molecule has 4 rings (SSSR count). The zero-order chi connectivity index (χ0) is 19.4. The van der Waals surface area contributed by atoms with Gasteiger partial charge in [-0.05, 0) is 25.3 Å². The van der Waals surface area contributed by atoms with E-state index in [0.717, 1.165) is 36.2 Å². The van der Waals surface area contributed by atoms with Crippen LogP contribution in [-0.4, -0.2) is 22.8 Å². The van der Waals surface area contributed by atoms with Crippen LogP contribution >= 0.6 is 7.14 Å². The Kier molecular flexibility index (Phi) is 5.27. The predicted octanol–water partition coefficient (Wildman–Crippen LogP) is 3.19. The molecule has 1 aliphatic carbocycles. The van der Waals surface area contributed by atoms with E-state index in [1.807, 2.05) is 72.9 Å². The number of aromatic nitrogens is 1. The van der Waals surface area contributed by atoms with Crippen molar-refractivity contribution in [3.05, 3.63) is 84.2 Å². The molecule has 2 aromatic carbocycles. The number of aryl methyl sites for hydroxylation is 1. The lowest BCUT2D eigenvalue weighted by molar-refractivity contribution is -0.118. The number of hydrazone groups is 1. The van der Waals surface area contributed by atoms with Gasteiger partial charge in [-0.25, -0.2) is 5.43 Å². The molecule has 1 heterocycles. The Balaban J connectivity index is 1.58. The molecule has 0 saturated carbocycles. The lowest BCUT2D eigenvalue weighted by Gasteiger charge is -2.19. The molecule has 0 atom stereocenters. The van der Waals surface area contributed by atoms with Crippen LogP contribution in [0.3, 0.4) is 0 Å². The van der Waals surface area contributed by atoms with Crippen molar-refractivity contribution in [1.82, 2.24) is 10.4 Å². The van der Waals surface area contributed by atoms with Crippen molar-refractivity contribution in [3.63, 3.8) is 0 Å². The molecule has 0 spiro atoms. The summed E-state index contributed by atoms with van der Waals surface area (Å²) in [4.78, 5) is 15.9. The Morgan fingerprint density at radius 1 is 0.964 bits per heavy atom. The second kappa shape index (κ2) is 7.99. The van der Waals surface area contributed by atoms with Gasteiger partial charge in [0, 0.05) is 28.1 Å². The molecule has 6 heteroatoms. The number of nitrogens with zero attached hydrogens (tertiary/aromatic N) is 1. The molecular formula is C22H22N3O2P. The van der Waals surface area contributed by atoms with E-state index in [9.17, 15) is 9.36 Å². The summed E-state index contributed by atoms with van der Waals surface area (Å²) < 4.78 is 13.9. The second-order valence-corrected chi connectivity index (χ2v) is 9.71. The first kappa shape index (κ1) is 18.5. The Bertz CT molecular complexity index is 998. The van der Waals surface area contributed by atoms with E-state index in [1.54, 1.807) is 0 Å². The van der Waals surface area contributed by atoms with Gasteiger partial charge in [-0.2, -0.15) is 5.10 Å². The molecule has 0 unspecified atom stereocenters. The van der Waals surface area contributed by atoms with Crippen molar-refractivity contribution >= 4 is 29.4 Å². The van der Waals surface area contributed by atoms with E-state index in [-0.39, 0.29) is 12.1 Å². The van der Waals surface area contributed by atoms with E-state index in [1.165, 1.54) is 0 Å². The molecule has 0 fully saturated rings. The number of nitrogens with one attached hydrogen (secondary N) is 2. The fourth-order valence-electron chi connectivity index (χ4n) is 3.60. The fourth-order valence-corrected chi connectivity index (χ4v) is 6.05. The highest BCUT2D eigenvalue weighted by molar-refractivity contribution is 7.79. The minimum atomic E-state index is -3.09. The summed E-state index contributed by atoms with van der Waals surface area (Å²) in [5.41, 5.74) is 5.71. The maximum absolute atomic E-state index is 13.9. The van der Waals surface area contributed by atoms with Crippen LogP contribution in [0.1, 0.15) is 24.1 Å². The van der Waals surface area contributed by atoms with E-state index in [4.69, 9.17) is 0 Å². The van der Waals surface area contributed by atoms with E-state index in [2.05, 4.69) is 15.5 Å². The van der Waals surface area contributed by atoms with Crippen LogP contribution in [0.25, 0.3) is 0 Å². The van der Waals surface area contributed by atoms with E-state index < -0.39 is 7.14 Å². The minimum Gasteiger partial charge on any atom is -0.364 e. The molecule has 0 bridgehead atoms. The number of carbonyl (C=O) groups is 1. The number of aromatic amines is 1. The fraction of sp³-hybridized carbons (Fsp3) is 0.182. The highest BCUT2D eigenvalue weighted by atomic mass is 31.2. The molecule has 0 saturated heterocycles. The van der Waals surface area contributed by atoms with Gasteiger partial charge >= 0.3 is 0 Å². The van der Waals surface area contributed by atoms with Gasteiger partial charge in [0.05, 0.1) is 11.9 Å². The molecule has 2 N–H and O–H groups in total. The Morgan fingerprint density at radius 3 is 2.25 bits per heavy atom. The number of hydrogen-bond acceptors (Lipinski definition) is 3. The van der Waals surface area contributed by atoms with Gasteiger partial charge in [-0.15, -0.1) is 0 Å². The van der Waals surface area contributed by atoms with Crippen LogP contribution in [-0.2, 0) is 15.8 Å². The molecule has 1 aromatic heterocycles. The number of rotatable bonds is 5. The maximum Gasteiger partial charge on any atom is 0.248 e. The van der Waals surface area contributed by atoms with Gasteiger partial charge in [-0.1, -0.05) is 60.7 Å². The van der Waals surface area contributed by atoms with E-state index in [0.29, 0.717) is 10.6 Å². The smallest absolute Gasteiger partial charge is 0.248 e. The summed E-state index contributed by atoms with van der Waals surface area (Å²) >= 11 is 0. The van der Waals surface area contributed by atoms with Crippen LogP contribution in [0.4, 0.5) is 0 Å².